The van der Waals surface area contributed by atoms with Gasteiger partial charge >= 0.3 is 5.97 Å². The molecule has 1 aliphatic heterocycles. The second-order valence-corrected chi connectivity index (χ2v) is 7.09. The Kier molecular flexibility index (Phi) is 4.04. The molecule has 4 heteroatoms. The third-order valence-electron chi connectivity index (χ3n) is 5.77. The fourth-order valence-electron chi connectivity index (χ4n) is 4.73. The van der Waals surface area contributed by atoms with Crippen LogP contribution in [0.4, 0.5) is 0 Å². The Morgan fingerprint density at radius 1 is 1.35 bits per heavy atom. The van der Waals surface area contributed by atoms with E-state index in [1.54, 1.807) is 0 Å². The maximum atomic E-state index is 11.8. The standard InChI is InChI=1S/C16H28N2O2/c1-2-8-17-16(15(19)20)7-3-4-14(10-16)18-11-12-5-6-13(18)9-12/h12-14,17H,2-11H2,1H3,(H,19,20). The fourth-order valence-corrected chi connectivity index (χ4v) is 4.73. The van der Waals surface area contributed by atoms with Gasteiger partial charge in [-0.1, -0.05) is 6.92 Å². The van der Waals surface area contributed by atoms with Crippen LogP contribution in [-0.2, 0) is 4.79 Å². The summed E-state index contributed by atoms with van der Waals surface area (Å²) in [7, 11) is 0. The van der Waals surface area contributed by atoms with Crippen LogP contribution in [0.3, 0.4) is 0 Å². The average Bonchev–Trinajstić information content (AvgIpc) is 3.08. The topological polar surface area (TPSA) is 52.6 Å². The summed E-state index contributed by atoms with van der Waals surface area (Å²) >= 11 is 0. The number of hydrogen-bond acceptors (Lipinski definition) is 3. The quantitative estimate of drug-likeness (QED) is 0.811. The first-order chi connectivity index (χ1) is 9.64. The molecule has 2 bridgehead atoms. The third-order valence-corrected chi connectivity index (χ3v) is 5.77. The number of nitrogens with one attached hydrogen (secondary N) is 1. The van der Waals surface area contributed by atoms with Crippen molar-refractivity contribution < 1.29 is 9.90 Å². The zero-order chi connectivity index (χ0) is 14.2. The van der Waals surface area contributed by atoms with Crippen LogP contribution >= 0.6 is 0 Å². The first-order valence-corrected chi connectivity index (χ1v) is 8.39. The van der Waals surface area contributed by atoms with Gasteiger partial charge in [0.05, 0.1) is 0 Å². The molecular weight excluding hydrogens is 252 g/mol. The lowest BCUT2D eigenvalue weighted by molar-refractivity contribution is -0.147. The number of aliphatic carboxylic acids is 1. The molecule has 2 saturated carbocycles. The number of piperidine rings is 1. The Labute approximate surface area is 121 Å². The summed E-state index contributed by atoms with van der Waals surface area (Å²) in [5.41, 5.74) is -0.666. The molecule has 3 fully saturated rings. The minimum Gasteiger partial charge on any atom is -0.480 e. The van der Waals surface area contributed by atoms with Crippen LogP contribution in [-0.4, -0.2) is 46.7 Å². The molecule has 20 heavy (non-hydrogen) atoms. The monoisotopic (exact) mass is 280 g/mol. The van der Waals surface area contributed by atoms with Crippen molar-refractivity contribution in [1.82, 2.24) is 10.2 Å². The Bertz CT molecular complexity index is 373. The van der Waals surface area contributed by atoms with Gasteiger partial charge in [0.15, 0.2) is 0 Å². The molecular formula is C16H28N2O2. The molecule has 0 aromatic rings. The summed E-state index contributed by atoms with van der Waals surface area (Å²) in [6.45, 7) is 4.13. The highest BCUT2D eigenvalue weighted by Gasteiger charge is 2.48. The van der Waals surface area contributed by atoms with E-state index in [0.29, 0.717) is 6.04 Å². The molecule has 2 N–H and O–H groups in total. The Hall–Kier alpha value is -0.610. The summed E-state index contributed by atoms with van der Waals surface area (Å²) < 4.78 is 0. The number of nitrogens with zero attached hydrogens (tertiary/aromatic N) is 1. The molecule has 0 radical (unpaired) electrons. The predicted molar refractivity (Wildman–Crippen MR) is 78.8 cm³/mol. The molecule has 0 spiro atoms. The summed E-state index contributed by atoms with van der Waals surface area (Å²) in [6, 6.07) is 1.24. The molecule has 114 valence electrons. The molecule has 4 atom stereocenters. The number of likely N-dealkylation sites (tertiary alicyclic amines) is 1. The van der Waals surface area contributed by atoms with Crippen LogP contribution in [0.25, 0.3) is 0 Å². The van der Waals surface area contributed by atoms with Gasteiger partial charge in [0, 0.05) is 18.6 Å². The van der Waals surface area contributed by atoms with Crippen molar-refractivity contribution in [3.05, 3.63) is 0 Å². The number of carbonyl (C=O) groups is 1. The van der Waals surface area contributed by atoms with Gasteiger partial charge in [0.1, 0.15) is 5.54 Å². The summed E-state index contributed by atoms with van der Waals surface area (Å²) in [5.74, 6) is 0.254. The molecule has 4 nitrogen and oxygen atoms in total. The summed E-state index contributed by atoms with van der Waals surface area (Å²) in [4.78, 5) is 14.5. The van der Waals surface area contributed by atoms with Crippen molar-refractivity contribution in [1.29, 1.82) is 0 Å². The lowest BCUT2D eigenvalue weighted by Crippen LogP contribution is -2.59. The molecule has 3 aliphatic rings. The maximum absolute atomic E-state index is 11.8. The SMILES string of the molecule is CCCNC1(C(=O)O)CCCC(N2CC3CCC2C3)C1. The number of rotatable bonds is 5. The van der Waals surface area contributed by atoms with Gasteiger partial charge in [-0.25, -0.2) is 0 Å². The Balaban J connectivity index is 1.69. The zero-order valence-corrected chi connectivity index (χ0v) is 12.6. The largest absolute Gasteiger partial charge is 0.480 e. The third kappa shape index (κ3) is 2.48. The normalized spacial score (nSPS) is 41.1. The van der Waals surface area contributed by atoms with Crippen LogP contribution in [0, 0.1) is 5.92 Å². The minimum absolute atomic E-state index is 0.486. The molecule has 2 aliphatic carbocycles. The van der Waals surface area contributed by atoms with E-state index in [4.69, 9.17) is 0 Å². The van der Waals surface area contributed by atoms with Crippen LogP contribution in [0.2, 0.25) is 0 Å². The fraction of sp³-hybridized carbons (Fsp3) is 0.938. The molecule has 0 aromatic heterocycles. The minimum atomic E-state index is -0.666. The second kappa shape index (κ2) is 5.64. The van der Waals surface area contributed by atoms with Gasteiger partial charge in [-0.3, -0.25) is 9.69 Å². The van der Waals surface area contributed by atoms with Gasteiger partial charge in [0.25, 0.3) is 0 Å². The van der Waals surface area contributed by atoms with E-state index in [1.165, 1.54) is 32.2 Å². The van der Waals surface area contributed by atoms with E-state index in [1.807, 2.05) is 0 Å². The smallest absolute Gasteiger partial charge is 0.323 e. The first kappa shape index (κ1) is 14.3. The van der Waals surface area contributed by atoms with E-state index in [-0.39, 0.29) is 0 Å². The van der Waals surface area contributed by atoms with E-state index in [0.717, 1.165) is 44.2 Å². The van der Waals surface area contributed by atoms with Crippen LogP contribution in [0.1, 0.15) is 58.3 Å². The zero-order valence-electron chi connectivity index (χ0n) is 12.6. The summed E-state index contributed by atoms with van der Waals surface area (Å²) in [5, 5.41) is 13.1. The van der Waals surface area contributed by atoms with Crippen LogP contribution < -0.4 is 5.32 Å². The Morgan fingerprint density at radius 3 is 2.80 bits per heavy atom. The van der Waals surface area contributed by atoms with Gasteiger partial charge in [-0.2, -0.15) is 0 Å². The van der Waals surface area contributed by atoms with Gasteiger partial charge in [-0.05, 0) is 63.8 Å². The van der Waals surface area contributed by atoms with Crippen LogP contribution in [0.15, 0.2) is 0 Å². The highest BCUT2D eigenvalue weighted by Crippen LogP contribution is 2.42. The van der Waals surface area contributed by atoms with Crippen molar-refractivity contribution in [2.24, 2.45) is 5.92 Å². The first-order valence-electron chi connectivity index (χ1n) is 8.39. The Morgan fingerprint density at radius 2 is 2.20 bits per heavy atom. The lowest BCUT2D eigenvalue weighted by atomic mass is 9.77. The highest BCUT2D eigenvalue weighted by molar-refractivity contribution is 5.79. The second-order valence-electron chi connectivity index (χ2n) is 7.09. The average molecular weight is 280 g/mol. The van der Waals surface area contributed by atoms with Gasteiger partial charge in [-0.15, -0.1) is 0 Å². The maximum Gasteiger partial charge on any atom is 0.323 e. The molecule has 4 unspecified atom stereocenters. The molecule has 0 amide bonds. The van der Waals surface area contributed by atoms with Gasteiger partial charge in [0.2, 0.25) is 0 Å². The molecule has 3 rings (SSSR count). The number of hydrogen-bond donors (Lipinski definition) is 2. The van der Waals surface area contributed by atoms with E-state index in [2.05, 4.69) is 17.1 Å². The van der Waals surface area contributed by atoms with Crippen molar-refractivity contribution in [3.63, 3.8) is 0 Å². The van der Waals surface area contributed by atoms with E-state index >= 15 is 0 Å². The molecule has 1 heterocycles. The predicted octanol–water partition coefficient (Wildman–Crippen LogP) is 2.24. The number of carboxylic acids is 1. The van der Waals surface area contributed by atoms with Crippen molar-refractivity contribution in [2.75, 3.05) is 13.1 Å². The van der Waals surface area contributed by atoms with Crippen molar-refractivity contribution in [2.45, 2.75) is 75.9 Å². The van der Waals surface area contributed by atoms with E-state index in [9.17, 15) is 9.90 Å². The van der Waals surface area contributed by atoms with Crippen LogP contribution in [0.5, 0.6) is 0 Å². The summed E-state index contributed by atoms with van der Waals surface area (Å²) in [6.07, 6.45) is 8.91. The lowest BCUT2D eigenvalue weighted by Gasteiger charge is -2.44. The number of carboxylic acid groups (broad SMARTS) is 1. The van der Waals surface area contributed by atoms with Crippen molar-refractivity contribution >= 4 is 5.97 Å². The highest BCUT2D eigenvalue weighted by atomic mass is 16.4. The van der Waals surface area contributed by atoms with E-state index < -0.39 is 11.5 Å². The van der Waals surface area contributed by atoms with Crippen molar-refractivity contribution in [3.8, 4) is 0 Å². The van der Waals surface area contributed by atoms with Gasteiger partial charge < -0.3 is 10.4 Å². The molecule has 0 aromatic carbocycles. The molecule has 1 saturated heterocycles. The number of fused-ring (bicyclic) bond motifs is 2.